The van der Waals surface area contributed by atoms with Crippen molar-refractivity contribution >= 4 is 33.8 Å². The molecular formula is C22H22BrFN2O2. The molecule has 146 valence electrons. The van der Waals surface area contributed by atoms with Gasteiger partial charge in [-0.15, -0.1) is 0 Å². The molecule has 0 bridgehead atoms. The zero-order valence-corrected chi connectivity index (χ0v) is 17.0. The molecule has 1 saturated heterocycles. The standard InChI is InChI=1S/C22H22BrFN2O2/c23-19-7-8-20(24)18(14-19)15-25-22(28)17-10-12-26(13-11-17)21(27)9-6-16-4-2-1-3-5-16/h1-9,14,17H,10-13,15H2,(H,25,28)/b9-6+. The van der Waals surface area contributed by atoms with E-state index in [9.17, 15) is 14.0 Å². The van der Waals surface area contributed by atoms with Crippen molar-refractivity contribution in [2.45, 2.75) is 19.4 Å². The zero-order chi connectivity index (χ0) is 19.9. The number of carbonyl (C=O) groups excluding carboxylic acids is 2. The number of rotatable bonds is 5. The Balaban J connectivity index is 1.46. The maximum Gasteiger partial charge on any atom is 0.246 e. The highest BCUT2D eigenvalue weighted by Gasteiger charge is 2.26. The summed E-state index contributed by atoms with van der Waals surface area (Å²) in [7, 11) is 0. The molecule has 2 aromatic rings. The van der Waals surface area contributed by atoms with Crippen LogP contribution < -0.4 is 5.32 Å². The Labute approximate surface area is 172 Å². The molecule has 1 N–H and O–H groups in total. The maximum atomic E-state index is 13.8. The molecule has 28 heavy (non-hydrogen) atoms. The summed E-state index contributed by atoms with van der Waals surface area (Å²) in [6.07, 6.45) is 4.59. The number of nitrogens with one attached hydrogen (secondary N) is 1. The molecule has 0 aliphatic carbocycles. The van der Waals surface area contributed by atoms with Gasteiger partial charge in [0.05, 0.1) is 0 Å². The lowest BCUT2D eigenvalue weighted by Gasteiger charge is -2.30. The fourth-order valence-electron chi connectivity index (χ4n) is 3.20. The summed E-state index contributed by atoms with van der Waals surface area (Å²) in [5.41, 5.74) is 1.42. The number of piperidine rings is 1. The van der Waals surface area contributed by atoms with E-state index in [1.807, 2.05) is 30.3 Å². The molecule has 0 aromatic heterocycles. The minimum atomic E-state index is -0.339. The molecule has 1 fully saturated rings. The lowest BCUT2D eigenvalue weighted by Crippen LogP contribution is -2.42. The van der Waals surface area contributed by atoms with Crippen LogP contribution in [0.5, 0.6) is 0 Å². The smallest absolute Gasteiger partial charge is 0.246 e. The van der Waals surface area contributed by atoms with E-state index < -0.39 is 0 Å². The highest BCUT2D eigenvalue weighted by molar-refractivity contribution is 9.10. The van der Waals surface area contributed by atoms with Crippen molar-refractivity contribution in [2.24, 2.45) is 5.92 Å². The molecule has 3 rings (SSSR count). The number of likely N-dealkylation sites (tertiary alicyclic amines) is 1. The Morgan fingerprint density at radius 3 is 2.57 bits per heavy atom. The molecule has 2 amide bonds. The van der Waals surface area contributed by atoms with E-state index in [1.165, 1.54) is 6.07 Å². The molecule has 0 unspecified atom stereocenters. The van der Waals surface area contributed by atoms with Crippen molar-refractivity contribution < 1.29 is 14.0 Å². The first-order valence-corrected chi connectivity index (χ1v) is 10.1. The Morgan fingerprint density at radius 1 is 1.14 bits per heavy atom. The Bertz CT molecular complexity index is 862. The SMILES string of the molecule is O=C(NCc1cc(Br)ccc1F)C1CCN(C(=O)/C=C/c2ccccc2)CC1. The van der Waals surface area contributed by atoms with Gasteiger partial charge in [0.1, 0.15) is 5.82 Å². The van der Waals surface area contributed by atoms with Crippen molar-refractivity contribution in [3.05, 3.63) is 76.0 Å². The molecule has 0 radical (unpaired) electrons. The van der Waals surface area contributed by atoms with Gasteiger partial charge in [-0.1, -0.05) is 46.3 Å². The molecule has 4 nitrogen and oxygen atoms in total. The monoisotopic (exact) mass is 444 g/mol. The molecule has 1 aliphatic heterocycles. The van der Waals surface area contributed by atoms with Crippen molar-refractivity contribution in [3.63, 3.8) is 0 Å². The average Bonchev–Trinajstić information content (AvgIpc) is 2.73. The molecule has 0 spiro atoms. The maximum absolute atomic E-state index is 13.8. The van der Waals surface area contributed by atoms with Gasteiger partial charge in [-0.25, -0.2) is 4.39 Å². The number of amides is 2. The first-order valence-electron chi connectivity index (χ1n) is 9.26. The van der Waals surface area contributed by atoms with Crippen LogP contribution in [0, 0.1) is 11.7 Å². The van der Waals surface area contributed by atoms with Gasteiger partial charge in [-0.3, -0.25) is 9.59 Å². The summed E-state index contributed by atoms with van der Waals surface area (Å²) in [5, 5.41) is 2.81. The highest BCUT2D eigenvalue weighted by Crippen LogP contribution is 2.19. The molecule has 0 atom stereocenters. The van der Waals surface area contributed by atoms with Crippen LogP contribution in [0.2, 0.25) is 0 Å². The van der Waals surface area contributed by atoms with Crippen molar-refractivity contribution in [1.82, 2.24) is 10.2 Å². The predicted molar refractivity (Wildman–Crippen MR) is 111 cm³/mol. The average molecular weight is 445 g/mol. The third-order valence-electron chi connectivity index (χ3n) is 4.86. The van der Waals surface area contributed by atoms with E-state index in [1.54, 1.807) is 29.2 Å². The van der Waals surface area contributed by atoms with Crippen LogP contribution in [-0.4, -0.2) is 29.8 Å². The van der Waals surface area contributed by atoms with Crippen LogP contribution in [0.15, 0.2) is 59.1 Å². The number of halogens is 2. The van der Waals surface area contributed by atoms with Crippen LogP contribution in [0.25, 0.3) is 6.08 Å². The third kappa shape index (κ3) is 5.52. The lowest BCUT2D eigenvalue weighted by molar-refractivity contribution is -0.132. The highest BCUT2D eigenvalue weighted by atomic mass is 79.9. The summed E-state index contributed by atoms with van der Waals surface area (Å²) in [5.74, 6) is -0.628. The molecule has 0 saturated carbocycles. The number of benzene rings is 2. The van der Waals surface area contributed by atoms with Crippen molar-refractivity contribution in [1.29, 1.82) is 0 Å². The second-order valence-electron chi connectivity index (χ2n) is 6.80. The molecule has 2 aromatic carbocycles. The van der Waals surface area contributed by atoms with Gasteiger partial charge in [0.15, 0.2) is 0 Å². The topological polar surface area (TPSA) is 49.4 Å². The van der Waals surface area contributed by atoms with E-state index >= 15 is 0 Å². The first kappa shape index (κ1) is 20.3. The minimum absolute atomic E-state index is 0.0427. The minimum Gasteiger partial charge on any atom is -0.352 e. The quantitative estimate of drug-likeness (QED) is 0.703. The first-order chi connectivity index (χ1) is 13.5. The largest absolute Gasteiger partial charge is 0.352 e. The zero-order valence-electron chi connectivity index (χ0n) is 15.4. The van der Waals surface area contributed by atoms with Crippen molar-refractivity contribution in [2.75, 3.05) is 13.1 Å². The molecular weight excluding hydrogens is 423 g/mol. The molecule has 1 aliphatic rings. The van der Waals surface area contributed by atoms with Gasteiger partial charge in [0, 0.05) is 41.7 Å². The van der Waals surface area contributed by atoms with Gasteiger partial charge in [0.25, 0.3) is 0 Å². The third-order valence-corrected chi connectivity index (χ3v) is 5.35. The van der Waals surface area contributed by atoms with Gasteiger partial charge in [-0.2, -0.15) is 0 Å². The van der Waals surface area contributed by atoms with Gasteiger partial charge < -0.3 is 10.2 Å². The Morgan fingerprint density at radius 2 is 1.86 bits per heavy atom. The van der Waals surface area contributed by atoms with E-state index in [4.69, 9.17) is 0 Å². The van der Waals surface area contributed by atoms with Crippen LogP contribution in [0.3, 0.4) is 0 Å². The van der Waals surface area contributed by atoms with E-state index in [0.717, 1.165) is 10.0 Å². The van der Waals surface area contributed by atoms with Gasteiger partial charge in [-0.05, 0) is 42.7 Å². The fraction of sp³-hybridized carbons (Fsp3) is 0.273. The van der Waals surface area contributed by atoms with Crippen molar-refractivity contribution in [3.8, 4) is 0 Å². The molecule has 1 heterocycles. The number of carbonyl (C=O) groups is 2. The summed E-state index contributed by atoms with van der Waals surface area (Å²) in [4.78, 5) is 26.5. The van der Waals surface area contributed by atoms with E-state index in [0.29, 0.717) is 31.5 Å². The predicted octanol–water partition coefficient (Wildman–Crippen LogP) is 4.16. The Kier molecular flexibility index (Phi) is 6.98. The summed E-state index contributed by atoms with van der Waals surface area (Å²) >= 11 is 3.31. The van der Waals surface area contributed by atoms with Gasteiger partial charge in [0.2, 0.25) is 11.8 Å². The van der Waals surface area contributed by atoms with E-state index in [-0.39, 0.29) is 30.1 Å². The van der Waals surface area contributed by atoms with Crippen LogP contribution >= 0.6 is 15.9 Å². The number of nitrogens with zero attached hydrogens (tertiary/aromatic N) is 1. The summed E-state index contributed by atoms with van der Waals surface area (Å²) < 4.78 is 14.5. The van der Waals surface area contributed by atoms with Crippen LogP contribution in [-0.2, 0) is 16.1 Å². The second-order valence-corrected chi connectivity index (χ2v) is 7.71. The number of hydrogen-bond donors (Lipinski definition) is 1. The van der Waals surface area contributed by atoms with Crippen LogP contribution in [0.1, 0.15) is 24.0 Å². The second kappa shape index (κ2) is 9.64. The summed E-state index contributed by atoms with van der Waals surface area (Å²) in [6, 6.07) is 14.3. The lowest BCUT2D eigenvalue weighted by atomic mass is 9.95. The van der Waals surface area contributed by atoms with Crippen LogP contribution in [0.4, 0.5) is 4.39 Å². The Hall–Kier alpha value is -2.47. The number of hydrogen-bond acceptors (Lipinski definition) is 2. The molecule has 6 heteroatoms. The fourth-order valence-corrected chi connectivity index (χ4v) is 3.61. The normalized spacial score (nSPS) is 15.0. The van der Waals surface area contributed by atoms with Gasteiger partial charge >= 0.3 is 0 Å². The van der Waals surface area contributed by atoms with E-state index in [2.05, 4.69) is 21.2 Å². The summed E-state index contributed by atoms with van der Waals surface area (Å²) in [6.45, 7) is 1.24.